The Kier molecular flexibility index (Phi) is 6.60. The number of hydrogen-bond donors (Lipinski definition) is 0. The van der Waals surface area contributed by atoms with Crippen molar-refractivity contribution < 1.29 is 4.74 Å². The van der Waals surface area contributed by atoms with E-state index in [2.05, 4.69) is 11.9 Å². The highest BCUT2D eigenvalue weighted by atomic mass is 35.5. The SMILES string of the molecule is CCCOc1cccnc1SCCCCl. The summed E-state index contributed by atoms with van der Waals surface area (Å²) < 4.78 is 5.60. The fourth-order valence-corrected chi connectivity index (χ4v) is 2.21. The Morgan fingerprint density at radius 3 is 3.13 bits per heavy atom. The summed E-state index contributed by atoms with van der Waals surface area (Å²) in [5.74, 6) is 2.58. The van der Waals surface area contributed by atoms with Crippen LogP contribution in [0.4, 0.5) is 0 Å². The number of hydrogen-bond acceptors (Lipinski definition) is 3. The molecule has 0 spiro atoms. The van der Waals surface area contributed by atoms with Crippen LogP contribution in [0, 0.1) is 0 Å². The van der Waals surface area contributed by atoms with Crippen molar-refractivity contribution in [2.75, 3.05) is 18.2 Å². The van der Waals surface area contributed by atoms with E-state index in [1.165, 1.54) is 0 Å². The lowest BCUT2D eigenvalue weighted by molar-refractivity contribution is 0.307. The number of rotatable bonds is 7. The highest BCUT2D eigenvalue weighted by Crippen LogP contribution is 2.27. The van der Waals surface area contributed by atoms with Crippen molar-refractivity contribution in [3.8, 4) is 5.75 Å². The van der Waals surface area contributed by atoms with Crippen LogP contribution >= 0.6 is 23.4 Å². The van der Waals surface area contributed by atoms with Crippen molar-refractivity contribution in [3.05, 3.63) is 18.3 Å². The second-order valence-electron chi connectivity index (χ2n) is 3.05. The molecule has 0 N–H and O–H groups in total. The van der Waals surface area contributed by atoms with Gasteiger partial charge in [-0.25, -0.2) is 4.98 Å². The minimum Gasteiger partial charge on any atom is -0.491 e. The van der Waals surface area contributed by atoms with Gasteiger partial charge in [0.2, 0.25) is 0 Å². The normalized spacial score (nSPS) is 10.3. The Bertz CT molecular complexity index is 283. The third kappa shape index (κ3) is 4.76. The zero-order valence-corrected chi connectivity index (χ0v) is 10.5. The van der Waals surface area contributed by atoms with Gasteiger partial charge in [-0.05, 0) is 25.0 Å². The molecule has 0 bridgehead atoms. The number of ether oxygens (including phenoxy) is 1. The first-order chi connectivity index (χ1) is 7.38. The summed E-state index contributed by atoms with van der Waals surface area (Å²) in [5, 5.41) is 0.969. The molecule has 15 heavy (non-hydrogen) atoms. The van der Waals surface area contributed by atoms with Crippen LogP contribution in [-0.2, 0) is 0 Å². The van der Waals surface area contributed by atoms with E-state index in [0.717, 1.165) is 36.0 Å². The van der Waals surface area contributed by atoms with Crippen LogP contribution in [-0.4, -0.2) is 23.2 Å². The zero-order chi connectivity index (χ0) is 10.9. The molecule has 0 amide bonds. The van der Waals surface area contributed by atoms with Gasteiger partial charge in [0.05, 0.1) is 6.61 Å². The van der Waals surface area contributed by atoms with Crippen molar-refractivity contribution in [3.63, 3.8) is 0 Å². The number of pyridine rings is 1. The van der Waals surface area contributed by atoms with E-state index in [0.29, 0.717) is 5.88 Å². The van der Waals surface area contributed by atoms with Crippen molar-refractivity contribution >= 4 is 23.4 Å². The molecule has 4 heteroatoms. The number of halogens is 1. The third-order valence-corrected chi connectivity index (χ3v) is 3.05. The molecule has 0 aliphatic heterocycles. The number of nitrogens with zero attached hydrogens (tertiary/aromatic N) is 1. The molecule has 0 aliphatic carbocycles. The molecule has 1 aromatic heterocycles. The monoisotopic (exact) mass is 245 g/mol. The minimum absolute atomic E-state index is 0.699. The highest BCUT2D eigenvalue weighted by Gasteiger charge is 2.04. The summed E-state index contributed by atoms with van der Waals surface area (Å²) >= 11 is 7.33. The molecule has 0 radical (unpaired) electrons. The second kappa shape index (κ2) is 7.83. The van der Waals surface area contributed by atoms with Crippen LogP contribution in [0.2, 0.25) is 0 Å². The Balaban J connectivity index is 2.52. The van der Waals surface area contributed by atoms with E-state index in [4.69, 9.17) is 16.3 Å². The molecule has 0 saturated heterocycles. The third-order valence-electron chi connectivity index (χ3n) is 1.71. The lowest BCUT2D eigenvalue weighted by Gasteiger charge is -2.08. The molecule has 0 atom stereocenters. The molecule has 1 rings (SSSR count). The van der Waals surface area contributed by atoms with Crippen molar-refractivity contribution in [1.29, 1.82) is 0 Å². The topological polar surface area (TPSA) is 22.1 Å². The van der Waals surface area contributed by atoms with Crippen molar-refractivity contribution in [2.24, 2.45) is 0 Å². The summed E-state index contributed by atoms with van der Waals surface area (Å²) in [7, 11) is 0. The Labute approximate surface area is 100 Å². The molecule has 0 fully saturated rings. The number of aromatic nitrogens is 1. The van der Waals surface area contributed by atoms with Gasteiger partial charge >= 0.3 is 0 Å². The van der Waals surface area contributed by atoms with Crippen LogP contribution in [0.5, 0.6) is 5.75 Å². The van der Waals surface area contributed by atoms with Crippen molar-refractivity contribution in [2.45, 2.75) is 24.8 Å². The first-order valence-corrected chi connectivity index (χ1v) is 6.67. The molecular weight excluding hydrogens is 230 g/mol. The molecule has 0 saturated carbocycles. The first kappa shape index (κ1) is 12.7. The summed E-state index contributed by atoms with van der Waals surface area (Å²) in [6.45, 7) is 2.84. The van der Waals surface area contributed by atoms with Gasteiger partial charge in [0.25, 0.3) is 0 Å². The predicted molar refractivity (Wildman–Crippen MR) is 66.1 cm³/mol. The van der Waals surface area contributed by atoms with E-state index in [-0.39, 0.29) is 0 Å². The fraction of sp³-hybridized carbons (Fsp3) is 0.545. The largest absolute Gasteiger partial charge is 0.491 e. The second-order valence-corrected chi connectivity index (χ2v) is 4.51. The Morgan fingerprint density at radius 1 is 1.53 bits per heavy atom. The summed E-state index contributed by atoms with van der Waals surface area (Å²) in [6, 6.07) is 3.86. The maximum absolute atomic E-state index is 5.63. The molecule has 1 aromatic rings. The maximum atomic E-state index is 5.63. The van der Waals surface area contributed by atoms with Crippen LogP contribution < -0.4 is 4.74 Å². The number of thioether (sulfide) groups is 1. The van der Waals surface area contributed by atoms with Crippen LogP contribution in [0.1, 0.15) is 19.8 Å². The Morgan fingerprint density at radius 2 is 2.40 bits per heavy atom. The van der Waals surface area contributed by atoms with E-state index in [1.54, 1.807) is 18.0 Å². The van der Waals surface area contributed by atoms with Gasteiger partial charge in [0.1, 0.15) is 5.03 Å². The predicted octanol–water partition coefficient (Wildman–Crippen LogP) is 3.59. The van der Waals surface area contributed by atoms with Crippen LogP contribution in [0.3, 0.4) is 0 Å². The minimum atomic E-state index is 0.699. The van der Waals surface area contributed by atoms with Gasteiger partial charge < -0.3 is 4.74 Å². The summed E-state index contributed by atoms with van der Waals surface area (Å²) in [5.41, 5.74) is 0. The average Bonchev–Trinajstić information content (AvgIpc) is 2.28. The van der Waals surface area contributed by atoms with Gasteiger partial charge in [-0.2, -0.15) is 0 Å². The zero-order valence-electron chi connectivity index (χ0n) is 8.91. The summed E-state index contributed by atoms with van der Waals surface area (Å²) in [4.78, 5) is 4.30. The van der Waals surface area contributed by atoms with Crippen LogP contribution in [0.15, 0.2) is 23.4 Å². The van der Waals surface area contributed by atoms with Gasteiger partial charge in [-0.3, -0.25) is 0 Å². The van der Waals surface area contributed by atoms with Crippen molar-refractivity contribution in [1.82, 2.24) is 4.98 Å². The molecule has 84 valence electrons. The number of alkyl halides is 1. The Hall–Kier alpha value is -0.410. The molecule has 0 unspecified atom stereocenters. The molecule has 0 aromatic carbocycles. The van der Waals surface area contributed by atoms with Gasteiger partial charge in [0.15, 0.2) is 5.75 Å². The molecular formula is C11H16ClNOS. The maximum Gasteiger partial charge on any atom is 0.151 e. The van der Waals surface area contributed by atoms with Gasteiger partial charge in [-0.15, -0.1) is 23.4 Å². The molecule has 2 nitrogen and oxygen atoms in total. The summed E-state index contributed by atoms with van der Waals surface area (Å²) in [6.07, 6.45) is 3.80. The van der Waals surface area contributed by atoms with Gasteiger partial charge in [-0.1, -0.05) is 6.92 Å². The average molecular weight is 246 g/mol. The molecule has 0 aliphatic rings. The quantitative estimate of drug-likeness (QED) is 0.416. The standard InChI is InChI=1S/C11H16ClNOS/c1-2-8-14-10-5-3-7-13-11(10)15-9-4-6-12/h3,5,7H,2,4,6,8-9H2,1H3. The lowest BCUT2D eigenvalue weighted by Crippen LogP contribution is -1.97. The lowest BCUT2D eigenvalue weighted by atomic mass is 10.4. The van der Waals surface area contributed by atoms with Gasteiger partial charge in [0, 0.05) is 17.8 Å². The molecule has 1 heterocycles. The van der Waals surface area contributed by atoms with E-state index in [1.807, 2.05) is 12.1 Å². The van der Waals surface area contributed by atoms with Crippen LogP contribution in [0.25, 0.3) is 0 Å². The van der Waals surface area contributed by atoms with E-state index in [9.17, 15) is 0 Å². The fourth-order valence-electron chi connectivity index (χ4n) is 1.03. The van der Waals surface area contributed by atoms with E-state index >= 15 is 0 Å². The smallest absolute Gasteiger partial charge is 0.151 e. The van der Waals surface area contributed by atoms with E-state index < -0.39 is 0 Å². The highest BCUT2D eigenvalue weighted by molar-refractivity contribution is 7.99. The first-order valence-electron chi connectivity index (χ1n) is 5.15.